The van der Waals surface area contributed by atoms with Crippen LogP contribution in [0.25, 0.3) is 0 Å². The highest BCUT2D eigenvalue weighted by atomic mass is 32.2. The van der Waals surface area contributed by atoms with E-state index in [2.05, 4.69) is 4.72 Å². The lowest BCUT2D eigenvalue weighted by atomic mass is 10.2. The van der Waals surface area contributed by atoms with Crippen LogP contribution in [-0.2, 0) is 21.5 Å². The lowest BCUT2D eigenvalue weighted by molar-refractivity contribution is -0.137. The van der Waals surface area contributed by atoms with Gasteiger partial charge in [-0.2, -0.15) is 12.7 Å². The van der Waals surface area contributed by atoms with Crippen LogP contribution in [-0.4, -0.2) is 37.4 Å². The number of benzene rings is 1. The van der Waals surface area contributed by atoms with E-state index in [1.807, 2.05) is 30.3 Å². The van der Waals surface area contributed by atoms with Crippen LogP contribution >= 0.6 is 0 Å². The van der Waals surface area contributed by atoms with Crippen molar-refractivity contribution >= 4 is 16.2 Å². The molecule has 1 aromatic carbocycles. The monoisotopic (exact) mass is 314 g/mol. The van der Waals surface area contributed by atoms with Gasteiger partial charge in [0.1, 0.15) is 0 Å². The molecule has 6 nitrogen and oxygen atoms in total. The van der Waals surface area contributed by atoms with Crippen molar-refractivity contribution in [3.05, 3.63) is 35.9 Å². The molecule has 0 spiro atoms. The zero-order valence-electron chi connectivity index (χ0n) is 12.2. The van der Waals surface area contributed by atoms with Crippen LogP contribution in [0.2, 0.25) is 0 Å². The molecule has 0 aliphatic rings. The van der Waals surface area contributed by atoms with E-state index >= 15 is 0 Å². The summed E-state index contributed by atoms with van der Waals surface area (Å²) in [6.45, 7) is 0.635. The Bertz CT molecular complexity index is 531. The minimum absolute atomic E-state index is 0.126. The van der Waals surface area contributed by atoms with Gasteiger partial charge < -0.3 is 5.11 Å². The molecule has 0 aliphatic heterocycles. The van der Waals surface area contributed by atoms with Gasteiger partial charge >= 0.3 is 5.97 Å². The van der Waals surface area contributed by atoms with Gasteiger partial charge in [-0.15, -0.1) is 0 Å². The molecule has 0 radical (unpaired) electrons. The average molecular weight is 314 g/mol. The van der Waals surface area contributed by atoms with Crippen molar-refractivity contribution in [1.82, 2.24) is 9.03 Å². The highest BCUT2D eigenvalue weighted by Crippen LogP contribution is 2.06. The van der Waals surface area contributed by atoms with Crippen molar-refractivity contribution in [1.29, 1.82) is 0 Å². The third kappa shape index (κ3) is 7.22. The van der Waals surface area contributed by atoms with E-state index in [-0.39, 0.29) is 6.42 Å². The van der Waals surface area contributed by atoms with E-state index in [4.69, 9.17) is 5.11 Å². The Morgan fingerprint density at radius 1 is 1.19 bits per heavy atom. The number of aliphatic carboxylic acids is 1. The lowest BCUT2D eigenvalue weighted by Gasteiger charge is -2.17. The SMILES string of the molecule is CN(Cc1ccccc1)S(=O)(=O)NCCCCCC(=O)O. The van der Waals surface area contributed by atoms with Gasteiger partial charge in [0.25, 0.3) is 10.2 Å². The van der Waals surface area contributed by atoms with E-state index in [0.717, 1.165) is 5.56 Å². The number of hydrogen-bond acceptors (Lipinski definition) is 3. The standard InChI is InChI=1S/C14H22N2O4S/c1-16(12-13-8-4-2-5-9-13)21(19,20)15-11-7-3-6-10-14(17)18/h2,4-5,8-9,15H,3,6-7,10-12H2,1H3,(H,17,18). The molecule has 0 heterocycles. The smallest absolute Gasteiger partial charge is 0.303 e. The van der Waals surface area contributed by atoms with Gasteiger partial charge in [0, 0.05) is 26.6 Å². The van der Waals surface area contributed by atoms with Crippen molar-refractivity contribution in [3.8, 4) is 0 Å². The van der Waals surface area contributed by atoms with Gasteiger partial charge in [-0.3, -0.25) is 4.79 Å². The molecule has 0 fully saturated rings. The average Bonchev–Trinajstić information content (AvgIpc) is 2.43. The zero-order chi connectivity index (χ0) is 15.7. The first-order valence-electron chi connectivity index (χ1n) is 6.88. The van der Waals surface area contributed by atoms with Gasteiger partial charge in [0.15, 0.2) is 0 Å². The Labute approximate surface area is 126 Å². The van der Waals surface area contributed by atoms with Gasteiger partial charge in [-0.05, 0) is 18.4 Å². The lowest BCUT2D eigenvalue weighted by Crippen LogP contribution is -2.38. The molecule has 0 aromatic heterocycles. The summed E-state index contributed by atoms with van der Waals surface area (Å²) >= 11 is 0. The maximum absolute atomic E-state index is 12.0. The van der Waals surface area contributed by atoms with Crippen molar-refractivity contribution in [3.63, 3.8) is 0 Å². The number of carboxylic acid groups (broad SMARTS) is 1. The quantitative estimate of drug-likeness (QED) is 0.642. The van der Waals surface area contributed by atoms with Crippen molar-refractivity contribution in [2.45, 2.75) is 32.2 Å². The maximum Gasteiger partial charge on any atom is 0.303 e. The van der Waals surface area contributed by atoms with Crippen LogP contribution in [0, 0.1) is 0 Å². The number of carbonyl (C=O) groups is 1. The number of rotatable bonds is 10. The molecule has 0 atom stereocenters. The van der Waals surface area contributed by atoms with Crippen LogP contribution < -0.4 is 4.72 Å². The summed E-state index contributed by atoms with van der Waals surface area (Å²) in [5.74, 6) is -0.821. The van der Waals surface area contributed by atoms with E-state index < -0.39 is 16.2 Å². The molecule has 0 unspecified atom stereocenters. The summed E-state index contributed by atoms with van der Waals surface area (Å²) < 4.78 is 27.8. The first-order chi connectivity index (χ1) is 9.92. The molecule has 2 N–H and O–H groups in total. The fourth-order valence-electron chi connectivity index (χ4n) is 1.81. The molecule has 0 amide bonds. The molecule has 1 rings (SSSR count). The topological polar surface area (TPSA) is 86.7 Å². The number of nitrogens with zero attached hydrogens (tertiary/aromatic N) is 1. The minimum Gasteiger partial charge on any atom is -0.481 e. The van der Waals surface area contributed by atoms with Crippen LogP contribution in [0.1, 0.15) is 31.2 Å². The van der Waals surface area contributed by atoms with Crippen molar-refractivity contribution in [2.75, 3.05) is 13.6 Å². The molecule has 0 saturated heterocycles. The Kier molecular flexibility index (Phi) is 7.35. The molecule has 21 heavy (non-hydrogen) atoms. The summed E-state index contributed by atoms with van der Waals surface area (Å²) in [4.78, 5) is 10.3. The van der Waals surface area contributed by atoms with Crippen LogP contribution in [0.3, 0.4) is 0 Å². The molecule has 7 heteroatoms. The third-order valence-electron chi connectivity index (χ3n) is 3.01. The third-order valence-corrected chi connectivity index (χ3v) is 4.53. The second-order valence-corrected chi connectivity index (χ2v) is 6.71. The summed E-state index contributed by atoms with van der Waals surface area (Å²) in [6, 6.07) is 9.36. The molecule has 0 bridgehead atoms. The summed E-state index contributed by atoms with van der Waals surface area (Å²) in [5.41, 5.74) is 0.923. The number of carboxylic acids is 1. The van der Waals surface area contributed by atoms with Gasteiger partial charge in [-0.1, -0.05) is 36.8 Å². The predicted octanol–water partition coefficient (Wildman–Crippen LogP) is 1.60. The Balaban J connectivity index is 2.30. The first kappa shape index (κ1) is 17.6. The van der Waals surface area contributed by atoms with E-state index in [9.17, 15) is 13.2 Å². The van der Waals surface area contributed by atoms with E-state index in [1.54, 1.807) is 0 Å². The Morgan fingerprint density at radius 2 is 1.86 bits per heavy atom. The highest BCUT2D eigenvalue weighted by Gasteiger charge is 2.16. The molecule has 0 saturated carbocycles. The van der Waals surface area contributed by atoms with Gasteiger partial charge in [-0.25, -0.2) is 4.72 Å². The molecular formula is C14H22N2O4S. The summed E-state index contributed by atoms with van der Waals surface area (Å²) in [5, 5.41) is 8.49. The van der Waals surface area contributed by atoms with Crippen molar-refractivity contribution < 1.29 is 18.3 Å². The Hall–Kier alpha value is -1.44. The second kappa shape index (κ2) is 8.76. The predicted molar refractivity (Wildman–Crippen MR) is 80.9 cm³/mol. The summed E-state index contributed by atoms with van der Waals surface area (Å²) in [7, 11) is -1.97. The fourth-order valence-corrected chi connectivity index (χ4v) is 2.76. The second-order valence-electron chi connectivity index (χ2n) is 4.85. The maximum atomic E-state index is 12.0. The normalized spacial score (nSPS) is 11.7. The van der Waals surface area contributed by atoms with E-state index in [1.165, 1.54) is 11.4 Å². The number of unbranched alkanes of at least 4 members (excludes halogenated alkanes) is 2. The summed E-state index contributed by atoms with van der Waals surface area (Å²) in [6.07, 6.45) is 2.01. The fraction of sp³-hybridized carbons (Fsp3) is 0.500. The molecule has 1 aromatic rings. The van der Waals surface area contributed by atoms with Gasteiger partial charge in [0.05, 0.1) is 0 Å². The highest BCUT2D eigenvalue weighted by molar-refractivity contribution is 7.87. The first-order valence-corrected chi connectivity index (χ1v) is 8.32. The number of nitrogens with one attached hydrogen (secondary N) is 1. The van der Waals surface area contributed by atoms with Crippen molar-refractivity contribution in [2.24, 2.45) is 0 Å². The number of hydrogen-bond donors (Lipinski definition) is 2. The largest absolute Gasteiger partial charge is 0.481 e. The molecule has 118 valence electrons. The van der Waals surface area contributed by atoms with Crippen LogP contribution in [0.5, 0.6) is 0 Å². The van der Waals surface area contributed by atoms with Crippen LogP contribution in [0.4, 0.5) is 0 Å². The van der Waals surface area contributed by atoms with E-state index in [0.29, 0.717) is 32.4 Å². The minimum atomic E-state index is -3.49. The zero-order valence-corrected chi connectivity index (χ0v) is 13.0. The molecule has 0 aliphatic carbocycles. The van der Waals surface area contributed by atoms with Gasteiger partial charge in [0.2, 0.25) is 0 Å². The van der Waals surface area contributed by atoms with Crippen LogP contribution in [0.15, 0.2) is 30.3 Å². The molecular weight excluding hydrogens is 292 g/mol. The Morgan fingerprint density at radius 3 is 2.48 bits per heavy atom.